The number of unbranched alkanes of at least 4 members (excludes halogenated alkanes) is 1. The van der Waals surface area contributed by atoms with Crippen LogP contribution in [0.5, 0.6) is 0 Å². The maximum absolute atomic E-state index is 12.3. The number of carbonyl (C=O) groups is 1. The van der Waals surface area contributed by atoms with Crippen molar-refractivity contribution in [1.29, 1.82) is 0 Å². The average Bonchev–Trinajstić information content (AvgIpc) is 2.36. The van der Waals surface area contributed by atoms with Gasteiger partial charge in [-0.2, -0.15) is 0 Å². The molecule has 5 nitrogen and oxygen atoms in total. The van der Waals surface area contributed by atoms with Crippen molar-refractivity contribution in [2.24, 2.45) is 0 Å². The Morgan fingerprint density at radius 1 is 1.29 bits per heavy atom. The van der Waals surface area contributed by atoms with Crippen LogP contribution in [0.1, 0.15) is 51.9 Å². The third-order valence-corrected chi connectivity index (χ3v) is 6.15. The van der Waals surface area contributed by atoms with Gasteiger partial charge in [0.2, 0.25) is 0 Å². The van der Waals surface area contributed by atoms with E-state index < -0.39 is 20.5 Å². The second-order valence-corrected chi connectivity index (χ2v) is 7.09. The third kappa shape index (κ3) is 2.80. The maximum Gasteiger partial charge on any atom is 0.264 e. The number of hydroxylamine groups is 1. The van der Waals surface area contributed by atoms with Crippen LogP contribution in [0.4, 0.5) is 0 Å². The molecule has 1 amide bonds. The molecular weight excluding hydrogens is 242 g/mol. The smallest absolute Gasteiger partial charge is 0.264 e. The van der Waals surface area contributed by atoms with Crippen LogP contribution in [0.25, 0.3) is 0 Å². The summed E-state index contributed by atoms with van der Waals surface area (Å²) in [5.74, 6) is -0.731. The molecule has 1 saturated carbocycles. The van der Waals surface area contributed by atoms with Gasteiger partial charge in [-0.3, -0.25) is 10.0 Å². The topological polar surface area (TPSA) is 83.5 Å². The summed E-state index contributed by atoms with van der Waals surface area (Å²) in [5.41, 5.74) is 1.54. The zero-order valence-corrected chi connectivity index (χ0v) is 11.1. The Morgan fingerprint density at radius 3 is 2.35 bits per heavy atom. The molecule has 1 aliphatic rings. The molecule has 0 radical (unpaired) electrons. The van der Waals surface area contributed by atoms with E-state index in [1.807, 2.05) is 6.92 Å². The Bertz CT molecular complexity index is 358. The molecule has 0 aromatic rings. The minimum absolute atomic E-state index is 0.0247. The molecule has 6 heteroatoms. The molecule has 0 bridgehead atoms. The molecule has 17 heavy (non-hydrogen) atoms. The van der Waals surface area contributed by atoms with Gasteiger partial charge in [0.15, 0.2) is 14.6 Å². The third-order valence-electron chi connectivity index (χ3n) is 3.54. The first-order chi connectivity index (χ1) is 8.00. The first kappa shape index (κ1) is 14.4. The van der Waals surface area contributed by atoms with Crippen LogP contribution in [0.15, 0.2) is 0 Å². The van der Waals surface area contributed by atoms with E-state index in [1.54, 1.807) is 0 Å². The van der Waals surface area contributed by atoms with E-state index in [1.165, 1.54) is 5.48 Å². The van der Waals surface area contributed by atoms with Crippen LogP contribution < -0.4 is 5.48 Å². The molecule has 0 aromatic heterocycles. The van der Waals surface area contributed by atoms with Gasteiger partial charge in [0.25, 0.3) is 5.91 Å². The molecule has 0 unspecified atom stereocenters. The molecule has 1 rings (SSSR count). The van der Waals surface area contributed by atoms with Gasteiger partial charge in [0.05, 0.1) is 5.75 Å². The predicted molar refractivity (Wildman–Crippen MR) is 64.4 cm³/mol. The number of amides is 1. The first-order valence-corrected chi connectivity index (χ1v) is 7.82. The van der Waals surface area contributed by atoms with Crippen LogP contribution in [0, 0.1) is 0 Å². The fourth-order valence-corrected chi connectivity index (χ4v) is 4.73. The van der Waals surface area contributed by atoms with Crippen LogP contribution in [-0.2, 0) is 14.6 Å². The van der Waals surface area contributed by atoms with Gasteiger partial charge in [0.1, 0.15) is 0 Å². The summed E-state index contributed by atoms with van der Waals surface area (Å²) in [6.45, 7) is 1.91. The fourth-order valence-electron chi connectivity index (χ4n) is 2.43. The quantitative estimate of drug-likeness (QED) is 0.580. The molecule has 1 fully saturated rings. The van der Waals surface area contributed by atoms with Crippen molar-refractivity contribution in [2.75, 3.05) is 5.75 Å². The minimum atomic E-state index is -3.49. The number of hydrogen-bond donors (Lipinski definition) is 2. The van der Waals surface area contributed by atoms with Crippen molar-refractivity contribution >= 4 is 15.7 Å². The van der Waals surface area contributed by atoms with Crippen molar-refractivity contribution in [2.45, 2.75) is 56.6 Å². The number of hydrogen-bond acceptors (Lipinski definition) is 4. The number of nitrogens with one attached hydrogen (secondary N) is 1. The van der Waals surface area contributed by atoms with Gasteiger partial charge in [-0.25, -0.2) is 13.9 Å². The maximum atomic E-state index is 12.3. The standard InChI is InChI=1S/C11H21NO4S/c1-2-3-9-17(15,16)11(10(13)12-14)7-5-4-6-8-11/h14H,2-9H2,1H3,(H,12,13). The monoisotopic (exact) mass is 263 g/mol. The molecule has 0 atom stereocenters. The molecule has 2 N–H and O–H groups in total. The van der Waals surface area contributed by atoms with Gasteiger partial charge in [-0.15, -0.1) is 0 Å². The van der Waals surface area contributed by atoms with Crippen LogP contribution >= 0.6 is 0 Å². The molecule has 0 heterocycles. The molecule has 0 saturated heterocycles. The second kappa shape index (κ2) is 5.82. The van der Waals surface area contributed by atoms with Crippen molar-refractivity contribution < 1.29 is 18.4 Å². The van der Waals surface area contributed by atoms with Gasteiger partial charge >= 0.3 is 0 Å². The highest BCUT2D eigenvalue weighted by molar-refractivity contribution is 7.93. The van der Waals surface area contributed by atoms with E-state index in [-0.39, 0.29) is 5.75 Å². The van der Waals surface area contributed by atoms with E-state index in [0.717, 1.165) is 25.7 Å². The Kier molecular flexibility index (Phi) is 4.94. The molecule has 1 aliphatic carbocycles. The number of carbonyl (C=O) groups excluding carboxylic acids is 1. The summed E-state index contributed by atoms with van der Waals surface area (Å²) >= 11 is 0. The second-order valence-electron chi connectivity index (χ2n) is 4.67. The van der Waals surface area contributed by atoms with Crippen molar-refractivity contribution in [3.63, 3.8) is 0 Å². The van der Waals surface area contributed by atoms with Gasteiger partial charge < -0.3 is 0 Å². The van der Waals surface area contributed by atoms with E-state index in [4.69, 9.17) is 5.21 Å². The molecule has 0 aromatic carbocycles. The lowest BCUT2D eigenvalue weighted by molar-refractivity contribution is -0.132. The van der Waals surface area contributed by atoms with Crippen molar-refractivity contribution in [3.8, 4) is 0 Å². The van der Waals surface area contributed by atoms with Gasteiger partial charge in [-0.05, 0) is 19.3 Å². The largest absolute Gasteiger partial charge is 0.289 e. The Labute approximate surface area is 102 Å². The minimum Gasteiger partial charge on any atom is -0.289 e. The normalized spacial score (nSPS) is 19.9. The number of rotatable bonds is 5. The summed E-state index contributed by atoms with van der Waals surface area (Å²) in [5, 5.41) is 8.78. The van der Waals surface area contributed by atoms with Gasteiger partial charge in [-0.1, -0.05) is 32.6 Å². The van der Waals surface area contributed by atoms with E-state index in [2.05, 4.69) is 0 Å². The zero-order valence-electron chi connectivity index (χ0n) is 10.2. The van der Waals surface area contributed by atoms with Crippen molar-refractivity contribution in [3.05, 3.63) is 0 Å². The molecule has 100 valence electrons. The summed E-state index contributed by atoms with van der Waals surface area (Å²) in [4.78, 5) is 11.8. The summed E-state index contributed by atoms with van der Waals surface area (Å²) in [6.07, 6.45) is 4.37. The van der Waals surface area contributed by atoms with E-state index in [0.29, 0.717) is 19.3 Å². The zero-order chi connectivity index (χ0) is 12.9. The highest BCUT2D eigenvalue weighted by atomic mass is 32.2. The SMILES string of the molecule is CCCCS(=O)(=O)C1(C(=O)NO)CCCCC1. The highest BCUT2D eigenvalue weighted by Gasteiger charge is 2.50. The Balaban J connectivity index is 3.01. The summed E-state index contributed by atoms with van der Waals surface area (Å²) < 4.78 is 23.2. The van der Waals surface area contributed by atoms with Crippen molar-refractivity contribution in [1.82, 2.24) is 5.48 Å². The lowest BCUT2D eigenvalue weighted by Gasteiger charge is -2.34. The molecule has 0 spiro atoms. The summed E-state index contributed by atoms with van der Waals surface area (Å²) in [7, 11) is -3.49. The summed E-state index contributed by atoms with van der Waals surface area (Å²) in [6, 6.07) is 0. The lowest BCUT2D eigenvalue weighted by Crippen LogP contribution is -2.53. The Morgan fingerprint density at radius 2 is 1.88 bits per heavy atom. The van der Waals surface area contributed by atoms with Crippen LogP contribution in [-0.4, -0.2) is 30.0 Å². The molecule has 0 aliphatic heterocycles. The molecular formula is C11H21NO4S. The highest BCUT2D eigenvalue weighted by Crippen LogP contribution is 2.36. The first-order valence-electron chi connectivity index (χ1n) is 6.17. The Hall–Kier alpha value is -0.620. The lowest BCUT2D eigenvalue weighted by atomic mass is 9.88. The van der Waals surface area contributed by atoms with Gasteiger partial charge in [0, 0.05) is 0 Å². The van der Waals surface area contributed by atoms with Crippen LogP contribution in [0.3, 0.4) is 0 Å². The van der Waals surface area contributed by atoms with Crippen LogP contribution in [0.2, 0.25) is 0 Å². The average molecular weight is 263 g/mol. The predicted octanol–water partition coefficient (Wildman–Crippen LogP) is 1.41. The number of sulfone groups is 1. The van der Waals surface area contributed by atoms with E-state index >= 15 is 0 Å². The fraction of sp³-hybridized carbons (Fsp3) is 0.909. The van der Waals surface area contributed by atoms with E-state index in [9.17, 15) is 13.2 Å².